The number of rotatable bonds is 4. The number of benzene rings is 1. The van der Waals surface area contributed by atoms with Gasteiger partial charge >= 0.3 is 6.03 Å². The second-order valence-electron chi connectivity index (χ2n) is 6.31. The fourth-order valence-electron chi connectivity index (χ4n) is 3.01. The summed E-state index contributed by atoms with van der Waals surface area (Å²) in [5.41, 5.74) is 1.27. The van der Waals surface area contributed by atoms with Crippen LogP contribution in [0.15, 0.2) is 30.6 Å². The molecule has 2 heterocycles. The van der Waals surface area contributed by atoms with Gasteiger partial charge in [0, 0.05) is 44.0 Å². The molecule has 0 saturated carbocycles. The molecule has 1 aromatic carbocycles. The minimum absolute atomic E-state index is 0.0921. The molecule has 25 heavy (non-hydrogen) atoms. The maximum Gasteiger partial charge on any atom is 0.315 e. The van der Waals surface area contributed by atoms with E-state index in [0.717, 1.165) is 11.6 Å². The molecule has 2 atom stereocenters. The van der Waals surface area contributed by atoms with Crippen molar-refractivity contribution in [1.29, 1.82) is 0 Å². The number of halogens is 2. The smallest absolute Gasteiger partial charge is 0.315 e. The summed E-state index contributed by atoms with van der Waals surface area (Å²) < 4.78 is 28.6. The average molecular weight is 349 g/mol. The van der Waals surface area contributed by atoms with Gasteiger partial charge in [-0.05, 0) is 25.5 Å². The molecule has 2 aromatic rings. The van der Waals surface area contributed by atoms with Crippen LogP contribution in [0.25, 0.3) is 0 Å². The zero-order valence-corrected chi connectivity index (χ0v) is 14.2. The van der Waals surface area contributed by atoms with Gasteiger partial charge in [-0.1, -0.05) is 0 Å². The van der Waals surface area contributed by atoms with E-state index in [1.165, 1.54) is 12.1 Å². The third-order valence-corrected chi connectivity index (χ3v) is 4.35. The first-order valence-electron chi connectivity index (χ1n) is 8.18. The highest BCUT2D eigenvalue weighted by Crippen LogP contribution is 2.24. The predicted octanol–water partition coefficient (Wildman–Crippen LogP) is 2.34. The Hall–Kier alpha value is -2.64. The third kappa shape index (κ3) is 4.07. The average Bonchev–Trinajstić information content (AvgIpc) is 3.16. The van der Waals surface area contributed by atoms with Crippen LogP contribution >= 0.6 is 0 Å². The van der Waals surface area contributed by atoms with E-state index in [-0.39, 0.29) is 18.1 Å². The maximum atomic E-state index is 13.9. The molecule has 1 fully saturated rings. The van der Waals surface area contributed by atoms with Gasteiger partial charge in [-0.25, -0.2) is 13.6 Å². The molecule has 0 spiro atoms. The highest BCUT2D eigenvalue weighted by Gasteiger charge is 2.26. The van der Waals surface area contributed by atoms with E-state index in [1.54, 1.807) is 10.9 Å². The van der Waals surface area contributed by atoms with Crippen LogP contribution in [-0.2, 0) is 7.05 Å². The molecule has 1 aromatic heterocycles. The van der Waals surface area contributed by atoms with Crippen molar-refractivity contribution in [3.8, 4) is 0 Å². The van der Waals surface area contributed by atoms with Gasteiger partial charge in [-0.3, -0.25) is 4.68 Å². The lowest BCUT2D eigenvalue weighted by Gasteiger charge is -2.20. The van der Waals surface area contributed by atoms with Crippen molar-refractivity contribution in [2.45, 2.75) is 25.4 Å². The molecule has 2 amide bonds. The number of nitrogens with one attached hydrogen (secondary N) is 2. The normalized spacial score (nSPS) is 18.2. The van der Waals surface area contributed by atoms with Gasteiger partial charge in [0.2, 0.25) is 0 Å². The standard InChI is InChI=1S/C17H21F2N5O/c1-11(12-8-20-23(2)9-12)21-17(25)22-14-5-6-24(10-14)16-4-3-13(18)7-15(16)19/h3-4,7-9,11,14H,5-6,10H2,1-2H3,(H2,21,22,25)/t11-,14-/m0/s1. The van der Waals surface area contributed by atoms with Crippen LogP contribution in [0.4, 0.5) is 19.3 Å². The molecule has 0 bridgehead atoms. The van der Waals surface area contributed by atoms with Crippen molar-refractivity contribution in [2.24, 2.45) is 7.05 Å². The van der Waals surface area contributed by atoms with Crippen molar-refractivity contribution in [3.05, 3.63) is 47.8 Å². The van der Waals surface area contributed by atoms with Gasteiger partial charge in [0.05, 0.1) is 17.9 Å². The Morgan fingerprint density at radius 3 is 2.88 bits per heavy atom. The van der Waals surface area contributed by atoms with Crippen molar-refractivity contribution < 1.29 is 13.6 Å². The van der Waals surface area contributed by atoms with Crippen molar-refractivity contribution in [2.75, 3.05) is 18.0 Å². The number of carbonyl (C=O) groups is 1. The molecule has 0 aliphatic carbocycles. The van der Waals surface area contributed by atoms with Crippen molar-refractivity contribution in [3.63, 3.8) is 0 Å². The van der Waals surface area contributed by atoms with E-state index in [0.29, 0.717) is 25.2 Å². The third-order valence-electron chi connectivity index (χ3n) is 4.35. The molecule has 1 saturated heterocycles. The molecule has 134 valence electrons. The van der Waals surface area contributed by atoms with Crippen LogP contribution in [0.3, 0.4) is 0 Å². The number of hydrogen-bond acceptors (Lipinski definition) is 3. The zero-order valence-electron chi connectivity index (χ0n) is 14.2. The number of amides is 2. The van der Waals surface area contributed by atoms with Crippen LogP contribution in [0.2, 0.25) is 0 Å². The lowest BCUT2D eigenvalue weighted by atomic mass is 10.2. The quantitative estimate of drug-likeness (QED) is 0.891. The molecular weight excluding hydrogens is 328 g/mol. The van der Waals surface area contributed by atoms with Gasteiger partial charge in [0.25, 0.3) is 0 Å². The number of hydrogen-bond donors (Lipinski definition) is 2. The first-order valence-corrected chi connectivity index (χ1v) is 8.18. The molecule has 0 unspecified atom stereocenters. The summed E-state index contributed by atoms with van der Waals surface area (Å²) in [5, 5.41) is 9.85. The summed E-state index contributed by atoms with van der Waals surface area (Å²) in [7, 11) is 1.82. The van der Waals surface area contributed by atoms with Crippen molar-refractivity contribution >= 4 is 11.7 Å². The lowest BCUT2D eigenvalue weighted by molar-refractivity contribution is 0.235. The maximum absolute atomic E-state index is 13.9. The van der Waals surface area contributed by atoms with Crippen LogP contribution in [0.5, 0.6) is 0 Å². The van der Waals surface area contributed by atoms with E-state index in [1.807, 2.05) is 25.1 Å². The van der Waals surface area contributed by atoms with Crippen LogP contribution < -0.4 is 15.5 Å². The lowest BCUT2D eigenvalue weighted by Crippen LogP contribution is -2.44. The first-order chi connectivity index (χ1) is 11.9. The fourth-order valence-corrected chi connectivity index (χ4v) is 3.01. The summed E-state index contributed by atoms with van der Waals surface area (Å²) in [6.45, 7) is 2.97. The number of anilines is 1. The Bertz CT molecular complexity index is 763. The number of carbonyl (C=O) groups excluding carboxylic acids is 1. The molecule has 8 heteroatoms. The SMILES string of the molecule is C[C@H](NC(=O)N[C@H]1CCN(c2ccc(F)cc2F)C1)c1cnn(C)c1. The molecule has 1 aliphatic rings. The first kappa shape index (κ1) is 17.2. The van der Waals surface area contributed by atoms with E-state index < -0.39 is 11.6 Å². The van der Waals surface area contributed by atoms with Gasteiger partial charge < -0.3 is 15.5 Å². The predicted molar refractivity (Wildman–Crippen MR) is 90.3 cm³/mol. The summed E-state index contributed by atoms with van der Waals surface area (Å²) in [5.74, 6) is -1.19. The molecule has 1 aliphatic heterocycles. The van der Waals surface area contributed by atoms with E-state index >= 15 is 0 Å². The summed E-state index contributed by atoms with van der Waals surface area (Å²) in [6, 6.07) is 3.01. The largest absolute Gasteiger partial charge is 0.367 e. The monoisotopic (exact) mass is 349 g/mol. The van der Waals surface area contributed by atoms with Gasteiger partial charge in [-0.2, -0.15) is 5.10 Å². The number of urea groups is 1. The summed E-state index contributed by atoms with van der Waals surface area (Å²) >= 11 is 0. The second-order valence-corrected chi connectivity index (χ2v) is 6.31. The van der Waals surface area contributed by atoms with Gasteiger partial charge in [0.15, 0.2) is 0 Å². The number of nitrogens with zero attached hydrogens (tertiary/aromatic N) is 3. The molecule has 2 N–H and O–H groups in total. The minimum Gasteiger partial charge on any atom is -0.367 e. The van der Waals surface area contributed by atoms with Crippen LogP contribution in [0.1, 0.15) is 24.9 Å². The van der Waals surface area contributed by atoms with E-state index in [4.69, 9.17) is 0 Å². The highest BCUT2D eigenvalue weighted by atomic mass is 19.1. The van der Waals surface area contributed by atoms with E-state index in [2.05, 4.69) is 15.7 Å². The van der Waals surface area contributed by atoms with Crippen LogP contribution in [-0.4, -0.2) is 34.9 Å². The summed E-state index contributed by atoms with van der Waals surface area (Å²) in [4.78, 5) is 14.0. The fraction of sp³-hybridized carbons (Fsp3) is 0.412. The number of aromatic nitrogens is 2. The Kier molecular flexibility index (Phi) is 4.87. The highest BCUT2D eigenvalue weighted by molar-refractivity contribution is 5.75. The summed E-state index contributed by atoms with van der Waals surface area (Å²) in [6.07, 6.45) is 4.25. The Labute approximate surface area is 144 Å². The molecule has 6 nitrogen and oxygen atoms in total. The Morgan fingerprint density at radius 1 is 1.40 bits per heavy atom. The zero-order chi connectivity index (χ0) is 18.0. The Morgan fingerprint density at radius 2 is 2.20 bits per heavy atom. The topological polar surface area (TPSA) is 62.2 Å². The van der Waals surface area contributed by atoms with Gasteiger partial charge in [-0.15, -0.1) is 0 Å². The van der Waals surface area contributed by atoms with E-state index in [9.17, 15) is 13.6 Å². The Balaban J connectivity index is 1.53. The van der Waals surface area contributed by atoms with Gasteiger partial charge in [0.1, 0.15) is 11.6 Å². The van der Waals surface area contributed by atoms with Crippen LogP contribution in [0, 0.1) is 11.6 Å². The molecule has 0 radical (unpaired) electrons. The molecular formula is C17H21F2N5O. The number of aryl methyl sites for hydroxylation is 1. The molecule has 3 rings (SSSR count). The second kappa shape index (κ2) is 7.08. The minimum atomic E-state index is -0.598. The van der Waals surface area contributed by atoms with Crippen molar-refractivity contribution in [1.82, 2.24) is 20.4 Å².